The molecule has 11 heteroatoms. The highest BCUT2D eigenvalue weighted by Crippen LogP contribution is 2.24. The Balaban J connectivity index is 1.91. The Bertz CT molecular complexity index is 1200. The van der Waals surface area contributed by atoms with Crippen molar-refractivity contribution in [3.63, 3.8) is 0 Å². The molecule has 2 aromatic carbocycles. The van der Waals surface area contributed by atoms with E-state index in [-0.39, 0.29) is 29.9 Å². The minimum absolute atomic E-state index is 0.00409. The van der Waals surface area contributed by atoms with E-state index in [2.05, 4.69) is 5.32 Å². The molecule has 1 atom stereocenters. The number of sulfonamides is 1. The fourth-order valence-corrected chi connectivity index (χ4v) is 5.46. The SMILES string of the molecule is CC[C@@H](C(=O)NC1CCCCC1)N(Cc1ccccc1)C(=O)CN(c1cccc([N+](=O)[O-])c1)S(C)(=O)=O. The van der Waals surface area contributed by atoms with E-state index < -0.39 is 33.4 Å². The molecule has 0 saturated heterocycles. The lowest BCUT2D eigenvalue weighted by Gasteiger charge is -2.34. The third-order valence-corrected chi connectivity index (χ3v) is 7.68. The van der Waals surface area contributed by atoms with Crippen LogP contribution in [0.4, 0.5) is 11.4 Å². The first-order valence-corrected chi connectivity index (χ1v) is 14.3. The van der Waals surface area contributed by atoms with E-state index in [1.807, 2.05) is 37.3 Å². The first kappa shape index (κ1) is 28.1. The van der Waals surface area contributed by atoms with Gasteiger partial charge in [0.05, 0.1) is 16.9 Å². The van der Waals surface area contributed by atoms with Crippen molar-refractivity contribution in [1.82, 2.24) is 10.2 Å². The number of non-ortho nitro benzene ring substituents is 1. The number of carbonyl (C=O) groups is 2. The summed E-state index contributed by atoms with van der Waals surface area (Å²) >= 11 is 0. The van der Waals surface area contributed by atoms with Crippen LogP contribution >= 0.6 is 0 Å². The summed E-state index contributed by atoms with van der Waals surface area (Å²) in [6.45, 7) is 1.33. The number of carbonyl (C=O) groups excluding carboxylic acids is 2. The van der Waals surface area contributed by atoms with Crippen molar-refractivity contribution < 1.29 is 22.9 Å². The normalized spacial score (nSPS) is 15.0. The summed E-state index contributed by atoms with van der Waals surface area (Å²) in [5, 5.41) is 14.3. The molecule has 1 saturated carbocycles. The van der Waals surface area contributed by atoms with E-state index in [4.69, 9.17) is 0 Å². The second-order valence-electron chi connectivity index (χ2n) is 9.32. The van der Waals surface area contributed by atoms with E-state index in [1.54, 1.807) is 0 Å². The zero-order chi connectivity index (χ0) is 27.0. The number of benzene rings is 2. The standard InChI is InChI=1S/C26H34N4O6S/c1-3-24(26(32)27-21-13-8-5-9-14-21)28(18-20-11-6-4-7-12-20)25(31)19-29(37(2,35)36)22-15-10-16-23(17-22)30(33)34/h4,6-7,10-12,15-17,21,24H,3,5,8-9,13-14,18-19H2,1-2H3,(H,27,32)/t24-/m0/s1. The molecule has 0 aliphatic heterocycles. The number of rotatable bonds is 11. The fraction of sp³-hybridized carbons (Fsp3) is 0.462. The molecule has 37 heavy (non-hydrogen) atoms. The van der Waals surface area contributed by atoms with Crippen molar-refractivity contribution >= 4 is 33.2 Å². The number of anilines is 1. The molecule has 0 radical (unpaired) electrons. The molecule has 2 amide bonds. The minimum Gasteiger partial charge on any atom is -0.352 e. The van der Waals surface area contributed by atoms with Gasteiger partial charge in [0.25, 0.3) is 5.69 Å². The van der Waals surface area contributed by atoms with E-state index in [0.717, 1.165) is 54.3 Å². The van der Waals surface area contributed by atoms with E-state index >= 15 is 0 Å². The molecule has 1 aliphatic carbocycles. The molecule has 0 bridgehead atoms. The van der Waals surface area contributed by atoms with E-state index in [9.17, 15) is 28.1 Å². The van der Waals surface area contributed by atoms with Gasteiger partial charge < -0.3 is 10.2 Å². The van der Waals surface area contributed by atoms with Gasteiger partial charge in [-0.2, -0.15) is 0 Å². The second kappa shape index (κ2) is 12.7. The maximum Gasteiger partial charge on any atom is 0.271 e. The highest BCUT2D eigenvalue weighted by atomic mass is 32.2. The molecule has 2 aromatic rings. The van der Waals surface area contributed by atoms with Crippen LogP contribution in [0.25, 0.3) is 0 Å². The summed E-state index contributed by atoms with van der Waals surface area (Å²) in [5.41, 5.74) is 0.503. The second-order valence-corrected chi connectivity index (χ2v) is 11.2. The molecule has 0 aromatic heterocycles. The Kier molecular flexibility index (Phi) is 9.62. The summed E-state index contributed by atoms with van der Waals surface area (Å²) in [6, 6.07) is 13.5. The van der Waals surface area contributed by atoms with Gasteiger partial charge in [-0.3, -0.25) is 24.0 Å². The molecule has 0 heterocycles. The summed E-state index contributed by atoms with van der Waals surface area (Å²) in [4.78, 5) is 39.1. The smallest absolute Gasteiger partial charge is 0.271 e. The number of nitrogens with zero attached hydrogens (tertiary/aromatic N) is 3. The van der Waals surface area contributed by atoms with Crippen LogP contribution < -0.4 is 9.62 Å². The monoisotopic (exact) mass is 530 g/mol. The van der Waals surface area contributed by atoms with Crippen LogP contribution in [0.2, 0.25) is 0 Å². The third-order valence-electron chi connectivity index (χ3n) is 6.54. The van der Waals surface area contributed by atoms with Gasteiger partial charge in [0.15, 0.2) is 0 Å². The third kappa shape index (κ3) is 7.75. The lowest BCUT2D eigenvalue weighted by Crippen LogP contribution is -2.53. The van der Waals surface area contributed by atoms with Crippen LogP contribution in [0.15, 0.2) is 54.6 Å². The number of amides is 2. The zero-order valence-corrected chi connectivity index (χ0v) is 22.0. The summed E-state index contributed by atoms with van der Waals surface area (Å²) in [7, 11) is -3.97. The van der Waals surface area contributed by atoms with Crippen LogP contribution in [0.3, 0.4) is 0 Å². The summed E-state index contributed by atoms with van der Waals surface area (Å²) in [6.07, 6.45) is 6.29. The van der Waals surface area contributed by atoms with Gasteiger partial charge in [0.1, 0.15) is 12.6 Å². The molecule has 200 valence electrons. The van der Waals surface area contributed by atoms with Crippen LogP contribution in [-0.4, -0.2) is 54.9 Å². The molecular formula is C26H34N4O6S. The lowest BCUT2D eigenvalue weighted by molar-refractivity contribution is -0.384. The average molecular weight is 531 g/mol. The van der Waals surface area contributed by atoms with Gasteiger partial charge in [-0.15, -0.1) is 0 Å². The molecular weight excluding hydrogens is 496 g/mol. The van der Waals surface area contributed by atoms with E-state index in [0.29, 0.717) is 6.42 Å². The topological polar surface area (TPSA) is 130 Å². The van der Waals surface area contributed by atoms with Gasteiger partial charge in [-0.25, -0.2) is 8.42 Å². The Morgan fingerprint density at radius 1 is 1.08 bits per heavy atom. The molecule has 10 nitrogen and oxygen atoms in total. The number of nitrogens with one attached hydrogen (secondary N) is 1. The number of hydrogen-bond acceptors (Lipinski definition) is 6. The Morgan fingerprint density at radius 2 is 1.76 bits per heavy atom. The lowest BCUT2D eigenvalue weighted by atomic mass is 9.95. The fourth-order valence-electron chi connectivity index (χ4n) is 4.62. The Hall–Kier alpha value is -3.47. The first-order chi connectivity index (χ1) is 17.6. The summed E-state index contributed by atoms with van der Waals surface area (Å²) < 4.78 is 26.2. The van der Waals surface area contributed by atoms with Crippen LogP contribution in [0.1, 0.15) is 51.0 Å². The van der Waals surface area contributed by atoms with E-state index in [1.165, 1.54) is 23.1 Å². The maximum atomic E-state index is 13.7. The van der Waals surface area contributed by atoms with Gasteiger partial charge in [0, 0.05) is 24.7 Å². The van der Waals surface area contributed by atoms with Crippen LogP contribution in [0, 0.1) is 10.1 Å². The Morgan fingerprint density at radius 3 is 2.35 bits per heavy atom. The predicted molar refractivity (Wildman–Crippen MR) is 141 cm³/mol. The summed E-state index contributed by atoms with van der Waals surface area (Å²) in [5.74, 6) is -0.841. The molecule has 1 fully saturated rings. The zero-order valence-electron chi connectivity index (χ0n) is 21.2. The first-order valence-electron chi connectivity index (χ1n) is 12.5. The maximum absolute atomic E-state index is 13.7. The van der Waals surface area contributed by atoms with Crippen molar-refractivity contribution in [3.05, 3.63) is 70.3 Å². The van der Waals surface area contributed by atoms with Crippen LogP contribution in [-0.2, 0) is 26.2 Å². The van der Waals surface area contributed by atoms with Gasteiger partial charge >= 0.3 is 0 Å². The number of hydrogen-bond donors (Lipinski definition) is 1. The Labute approximate surface area is 217 Å². The molecule has 1 N–H and O–H groups in total. The van der Waals surface area contributed by atoms with Crippen molar-refractivity contribution in [2.45, 2.75) is 64.1 Å². The highest BCUT2D eigenvalue weighted by Gasteiger charge is 2.33. The van der Waals surface area contributed by atoms with Gasteiger partial charge in [-0.05, 0) is 30.9 Å². The van der Waals surface area contributed by atoms with Crippen LogP contribution in [0.5, 0.6) is 0 Å². The van der Waals surface area contributed by atoms with Crippen molar-refractivity contribution in [2.75, 3.05) is 17.1 Å². The molecule has 1 aliphatic rings. The molecule has 0 spiro atoms. The molecule has 0 unspecified atom stereocenters. The van der Waals surface area contributed by atoms with Gasteiger partial charge in [-0.1, -0.05) is 62.6 Å². The minimum atomic E-state index is -3.97. The van der Waals surface area contributed by atoms with Crippen molar-refractivity contribution in [1.29, 1.82) is 0 Å². The number of nitro groups is 1. The quantitative estimate of drug-likeness (QED) is 0.349. The number of nitro benzene ring substituents is 1. The predicted octanol–water partition coefficient (Wildman–Crippen LogP) is 3.62. The van der Waals surface area contributed by atoms with Crippen molar-refractivity contribution in [3.8, 4) is 0 Å². The highest BCUT2D eigenvalue weighted by molar-refractivity contribution is 7.92. The largest absolute Gasteiger partial charge is 0.352 e. The van der Waals surface area contributed by atoms with Crippen molar-refractivity contribution in [2.24, 2.45) is 0 Å². The average Bonchev–Trinajstić information content (AvgIpc) is 2.87. The van der Waals surface area contributed by atoms with Gasteiger partial charge in [0.2, 0.25) is 21.8 Å². The molecule has 3 rings (SSSR count).